The topological polar surface area (TPSA) is 88.4 Å². The van der Waals surface area contributed by atoms with Crippen molar-refractivity contribution in [1.29, 1.82) is 0 Å². The van der Waals surface area contributed by atoms with E-state index in [0.29, 0.717) is 45.3 Å². The van der Waals surface area contributed by atoms with E-state index in [1.807, 2.05) is 66.7 Å². The molecule has 9 heteroatoms. The van der Waals surface area contributed by atoms with Crippen molar-refractivity contribution in [3.05, 3.63) is 121 Å². The van der Waals surface area contributed by atoms with Crippen LogP contribution in [-0.4, -0.2) is 37.5 Å². The second kappa shape index (κ2) is 12.7. The van der Waals surface area contributed by atoms with Crippen molar-refractivity contribution in [2.75, 3.05) is 26.9 Å². The minimum Gasteiger partial charge on any atom is -0.497 e. The zero-order valence-corrected chi connectivity index (χ0v) is 23.9. The predicted octanol–water partition coefficient (Wildman–Crippen LogP) is 4.26. The molecule has 210 valence electrons. The molecule has 5 rings (SSSR count). The SMILES string of the molecule is CCOC(=O)C1=C(C)N=c2s/c(=C/c3ccccc3OCCOc3ccccc3)c(=O)n2[C@H]1c1ccc(OC)cc1. The average Bonchev–Trinajstić information content (AvgIpc) is 3.30. The van der Waals surface area contributed by atoms with Crippen molar-refractivity contribution in [2.24, 2.45) is 4.99 Å². The van der Waals surface area contributed by atoms with Gasteiger partial charge in [0.15, 0.2) is 4.80 Å². The second-order valence-electron chi connectivity index (χ2n) is 9.12. The van der Waals surface area contributed by atoms with Crippen LogP contribution in [0.5, 0.6) is 17.2 Å². The maximum absolute atomic E-state index is 13.9. The van der Waals surface area contributed by atoms with Crippen LogP contribution in [0.4, 0.5) is 0 Å². The number of rotatable bonds is 10. The van der Waals surface area contributed by atoms with Gasteiger partial charge in [0.05, 0.1) is 35.6 Å². The van der Waals surface area contributed by atoms with Crippen molar-refractivity contribution in [2.45, 2.75) is 19.9 Å². The fraction of sp³-hybridized carbons (Fsp3) is 0.219. The molecule has 0 N–H and O–H groups in total. The van der Waals surface area contributed by atoms with Crippen molar-refractivity contribution in [3.63, 3.8) is 0 Å². The number of benzene rings is 3. The molecule has 0 fully saturated rings. The van der Waals surface area contributed by atoms with E-state index in [9.17, 15) is 9.59 Å². The summed E-state index contributed by atoms with van der Waals surface area (Å²) in [4.78, 5) is 32.1. The molecule has 1 atom stereocenters. The van der Waals surface area contributed by atoms with Gasteiger partial charge in [-0.2, -0.15) is 0 Å². The van der Waals surface area contributed by atoms with Gasteiger partial charge in [0.25, 0.3) is 5.56 Å². The van der Waals surface area contributed by atoms with E-state index in [-0.39, 0.29) is 12.2 Å². The highest BCUT2D eigenvalue weighted by molar-refractivity contribution is 7.07. The number of ether oxygens (including phenoxy) is 4. The second-order valence-corrected chi connectivity index (χ2v) is 10.1. The molecule has 0 saturated heterocycles. The minimum atomic E-state index is -0.694. The van der Waals surface area contributed by atoms with E-state index in [4.69, 9.17) is 18.9 Å². The van der Waals surface area contributed by atoms with Crippen molar-refractivity contribution < 1.29 is 23.7 Å². The van der Waals surface area contributed by atoms with Crippen LogP contribution in [0.1, 0.15) is 31.0 Å². The first-order valence-electron chi connectivity index (χ1n) is 13.2. The van der Waals surface area contributed by atoms with Gasteiger partial charge < -0.3 is 18.9 Å². The Morgan fingerprint density at radius 1 is 0.951 bits per heavy atom. The molecule has 1 aliphatic heterocycles. The zero-order valence-electron chi connectivity index (χ0n) is 23.0. The largest absolute Gasteiger partial charge is 0.497 e. The molecular formula is C32H30N2O6S. The van der Waals surface area contributed by atoms with Gasteiger partial charge in [-0.05, 0) is 55.8 Å². The van der Waals surface area contributed by atoms with E-state index in [0.717, 1.165) is 16.9 Å². The Morgan fingerprint density at radius 3 is 2.39 bits per heavy atom. The number of carbonyl (C=O) groups excluding carboxylic acids is 1. The molecular weight excluding hydrogens is 540 g/mol. The third-order valence-electron chi connectivity index (χ3n) is 6.51. The van der Waals surface area contributed by atoms with Crippen LogP contribution in [0, 0.1) is 0 Å². The summed E-state index contributed by atoms with van der Waals surface area (Å²) >= 11 is 1.27. The fourth-order valence-electron chi connectivity index (χ4n) is 4.59. The maximum atomic E-state index is 13.9. The highest BCUT2D eigenvalue weighted by Crippen LogP contribution is 2.31. The van der Waals surface area contributed by atoms with Crippen LogP contribution in [0.2, 0.25) is 0 Å². The normalized spacial score (nSPS) is 14.7. The number of methoxy groups -OCH3 is 1. The Balaban J connectivity index is 1.50. The summed E-state index contributed by atoms with van der Waals surface area (Å²) in [6, 6.07) is 23.7. The highest BCUT2D eigenvalue weighted by Gasteiger charge is 2.33. The summed E-state index contributed by atoms with van der Waals surface area (Å²) in [5, 5.41) is 0. The first kappa shape index (κ1) is 27.9. The van der Waals surface area contributed by atoms with E-state index in [1.165, 1.54) is 11.3 Å². The van der Waals surface area contributed by atoms with Crippen LogP contribution in [0.25, 0.3) is 6.08 Å². The summed E-state index contributed by atoms with van der Waals surface area (Å²) in [7, 11) is 1.59. The van der Waals surface area contributed by atoms with Gasteiger partial charge in [-0.1, -0.05) is 59.9 Å². The van der Waals surface area contributed by atoms with Crippen LogP contribution < -0.4 is 29.1 Å². The Morgan fingerprint density at radius 2 is 1.66 bits per heavy atom. The first-order valence-corrected chi connectivity index (χ1v) is 14.0. The monoisotopic (exact) mass is 570 g/mol. The molecule has 41 heavy (non-hydrogen) atoms. The van der Waals surface area contributed by atoms with Gasteiger partial charge in [-0.3, -0.25) is 9.36 Å². The maximum Gasteiger partial charge on any atom is 0.338 e. The number of thiazole rings is 1. The first-order chi connectivity index (χ1) is 20.0. The summed E-state index contributed by atoms with van der Waals surface area (Å²) in [6.07, 6.45) is 1.80. The lowest BCUT2D eigenvalue weighted by Crippen LogP contribution is -2.39. The van der Waals surface area contributed by atoms with Crippen LogP contribution in [0.15, 0.2) is 99.9 Å². The Hall–Kier alpha value is -4.63. The number of nitrogens with zero attached hydrogens (tertiary/aromatic N) is 2. The van der Waals surface area contributed by atoms with Gasteiger partial charge in [-0.15, -0.1) is 0 Å². The lowest BCUT2D eigenvalue weighted by molar-refractivity contribution is -0.139. The van der Waals surface area contributed by atoms with Crippen LogP contribution in [-0.2, 0) is 9.53 Å². The number of fused-ring (bicyclic) bond motifs is 1. The van der Waals surface area contributed by atoms with Crippen molar-refractivity contribution >= 4 is 23.4 Å². The molecule has 0 bridgehead atoms. The molecule has 0 saturated carbocycles. The zero-order chi connectivity index (χ0) is 28.8. The van der Waals surface area contributed by atoms with Crippen molar-refractivity contribution in [3.8, 4) is 17.2 Å². The molecule has 0 spiro atoms. The number of hydrogen-bond acceptors (Lipinski definition) is 8. The number of esters is 1. The third-order valence-corrected chi connectivity index (χ3v) is 7.49. The molecule has 0 radical (unpaired) electrons. The molecule has 0 unspecified atom stereocenters. The van der Waals surface area contributed by atoms with Crippen LogP contribution in [0.3, 0.4) is 0 Å². The fourth-order valence-corrected chi connectivity index (χ4v) is 5.63. The van der Waals surface area contributed by atoms with Gasteiger partial charge in [0, 0.05) is 5.56 Å². The molecule has 1 aromatic heterocycles. The lowest BCUT2D eigenvalue weighted by atomic mass is 9.96. The van der Waals surface area contributed by atoms with Crippen LogP contribution >= 0.6 is 11.3 Å². The molecule has 3 aromatic carbocycles. The number of para-hydroxylation sites is 2. The Labute approximate surface area is 241 Å². The Kier molecular flexibility index (Phi) is 8.64. The smallest absolute Gasteiger partial charge is 0.338 e. The summed E-state index contributed by atoms with van der Waals surface area (Å²) < 4.78 is 24.5. The molecule has 2 heterocycles. The standard InChI is InChI=1S/C32H30N2O6S/c1-4-38-31(36)28-21(2)33-32-34(29(28)22-14-16-24(37-3)17-15-22)30(35)27(41-32)20-23-10-8-9-13-26(23)40-19-18-39-25-11-6-5-7-12-25/h5-17,20,29H,4,18-19H2,1-3H3/b27-20+/t29-/m0/s1. The summed E-state index contributed by atoms with van der Waals surface area (Å²) in [6.45, 7) is 4.43. The number of carbonyl (C=O) groups is 1. The number of aromatic nitrogens is 1. The quantitative estimate of drug-likeness (QED) is 0.209. The predicted molar refractivity (Wildman–Crippen MR) is 157 cm³/mol. The molecule has 0 amide bonds. The number of hydrogen-bond donors (Lipinski definition) is 0. The minimum absolute atomic E-state index is 0.211. The van der Waals surface area contributed by atoms with E-state index in [1.54, 1.807) is 43.7 Å². The average molecular weight is 571 g/mol. The molecule has 4 aromatic rings. The van der Waals surface area contributed by atoms with E-state index in [2.05, 4.69) is 4.99 Å². The van der Waals surface area contributed by atoms with E-state index >= 15 is 0 Å². The molecule has 8 nitrogen and oxygen atoms in total. The summed E-state index contributed by atoms with van der Waals surface area (Å²) in [5.41, 5.74) is 2.08. The number of allylic oxidation sites excluding steroid dienone is 1. The van der Waals surface area contributed by atoms with Gasteiger partial charge in [0.2, 0.25) is 0 Å². The Bertz CT molecular complexity index is 1740. The van der Waals surface area contributed by atoms with Crippen molar-refractivity contribution in [1.82, 2.24) is 4.57 Å². The van der Waals surface area contributed by atoms with Gasteiger partial charge >= 0.3 is 5.97 Å². The summed E-state index contributed by atoms with van der Waals surface area (Å²) in [5.74, 6) is 1.57. The molecule has 0 aliphatic carbocycles. The van der Waals surface area contributed by atoms with E-state index < -0.39 is 12.0 Å². The third kappa shape index (κ3) is 6.10. The lowest BCUT2D eigenvalue weighted by Gasteiger charge is -2.24. The molecule has 1 aliphatic rings. The van der Waals surface area contributed by atoms with Gasteiger partial charge in [-0.25, -0.2) is 9.79 Å². The highest BCUT2D eigenvalue weighted by atomic mass is 32.1. The van der Waals surface area contributed by atoms with Gasteiger partial charge in [0.1, 0.15) is 30.5 Å².